The van der Waals surface area contributed by atoms with Crippen molar-refractivity contribution in [2.45, 2.75) is 50.5 Å². The first-order chi connectivity index (χ1) is 16.3. The molecule has 3 aliphatic carbocycles. The number of benzene rings is 2. The standard InChI is InChI=1S/C27H30N2O5/c1-26(14-23(30)31,17-10-11-17)29-24(32)27(12-13-27)16-28-25(33)34-15-22-20-8-4-2-6-18(20)19-7-3-5-9-21(19)22/h2-9,17,22H,10-16H2,1H3,(H,28,33)(H,29,32)(H,30,31). The molecule has 0 saturated heterocycles. The van der Waals surface area contributed by atoms with Crippen LogP contribution in [0, 0.1) is 11.3 Å². The van der Waals surface area contributed by atoms with Crippen LogP contribution in [0.15, 0.2) is 48.5 Å². The van der Waals surface area contributed by atoms with Crippen molar-refractivity contribution >= 4 is 18.0 Å². The van der Waals surface area contributed by atoms with Crippen LogP contribution < -0.4 is 10.6 Å². The maximum absolute atomic E-state index is 13.0. The lowest BCUT2D eigenvalue weighted by Crippen LogP contribution is -2.53. The summed E-state index contributed by atoms with van der Waals surface area (Å²) >= 11 is 0. The summed E-state index contributed by atoms with van der Waals surface area (Å²) in [5, 5.41) is 15.1. The number of carbonyl (C=O) groups excluding carboxylic acids is 2. The third-order valence-corrected chi connectivity index (χ3v) is 7.65. The highest BCUT2D eigenvalue weighted by Crippen LogP contribution is 2.48. The number of hydrogen-bond acceptors (Lipinski definition) is 4. The van der Waals surface area contributed by atoms with Crippen LogP contribution in [0.25, 0.3) is 11.1 Å². The maximum Gasteiger partial charge on any atom is 0.407 e. The summed E-state index contributed by atoms with van der Waals surface area (Å²) in [6.45, 7) is 2.21. The number of carboxylic acid groups (broad SMARTS) is 1. The van der Waals surface area contributed by atoms with Crippen LogP contribution in [0.3, 0.4) is 0 Å². The first-order valence-corrected chi connectivity index (χ1v) is 11.9. The topological polar surface area (TPSA) is 105 Å². The summed E-state index contributed by atoms with van der Waals surface area (Å²) in [7, 11) is 0. The number of rotatable bonds is 9. The number of alkyl carbamates (subject to hydrolysis) is 1. The minimum absolute atomic E-state index is 0.0217. The lowest BCUT2D eigenvalue weighted by atomic mass is 9.90. The molecule has 0 heterocycles. The van der Waals surface area contributed by atoms with Crippen LogP contribution in [-0.2, 0) is 14.3 Å². The van der Waals surface area contributed by atoms with Gasteiger partial charge in [-0.1, -0.05) is 48.5 Å². The van der Waals surface area contributed by atoms with Gasteiger partial charge >= 0.3 is 12.1 Å². The molecule has 7 heteroatoms. The number of ether oxygens (including phenoxy) is 1. The zero-order valence-corrected chi connectivity index (χ0v) is 19.3. The largest absolute Gasteiger partial charge is 0.481 e. The predicted molar refractivity (Wildman–Crippen MR) is 126 cm³/mol. The van der Waals surface area contributed by atoms with Gasteiger partial charge in [0.25, 0.3) is 0 Å². The normalized spacial score (nSPS) is 19.3. The molecule has 0 radical (unpaired) electrons. The van der Waals surface area contributed by atoms with Gasteiger partial charge in [-0.25, -0.2) is 4.79 Å². The molecule has 3 aliphatic rings. The summed E-state index contributed by atoms with van der Waals surface area (Å²) in [5.74, 6) is -0.927. The van der Waals surface area contributed by atoms with Gasteiger partial charge in [0.2, 0.25) is 5.91 Å². The quantitative estimate of drug-likeness (QED) is 0.521. The van der Waals surface area contributed by atoms with Gasteiger partial charge in [-0.05, 0) is 60.8 Å². The zero-order chi connectivity index (χ0) is 23.9. The van der Waals surface area contributed by atoms with Crippen LogP contribution in [0.4, 0.5) is 4.79 Å². The molecule has 2 aromatic carbocycles. The first-order valence-electron chi connectivity index (χ1n) is 11.9. The number of carbonyl (C=O) groups is 3. The van der Waals surface area contributed by atoms with Crippen molar-refractivity contribution in [3.63, 3.8) is 0 Å². The van der Waals surface area contributed by atoms with E-state index >= 15 is 0 Å². The lowest BCUT2D eigenvalue weighted by Gasteiger charge is -2.31. The van der Waals surface area contributed by atoms with E-state index < -0.39 is 23.0 Å². The van der Waals surface area contributed by atoms with Gasteiger partial charge < -0.3 is 20.5 Å². The van der Waals surface area contributed by atoms with E-state index in [2.05, 4.69) is 34.9 Å². The molecule has 0 aliphatic heterocycles. The molecule has 1 unspecified atom stereocenters. The fourth-order valence-corrected chi connectivity index (χ4v) is 5.24. The highest BCUT2D eigenvalue weighted by molar-refractivity contribution is 5.87. The number of nitrogens with one attached hydrogen (secondary N) is 2. The van der Waals surface area contributed by atoms with E-state index in [0.717, 1.165) is 24.0 Å². The van der Waals surface area contributed by atoms with E-state index in [1.54, 1.807) is 0 Å². The van der Waals surface area contributed by atoms with Crippen molar-refractivity contribution in [2.75, 3.05) is 13.2 Å². The van der Waals surface area contributed by atoms with E-state index in [0.29, 0.717) is 12.8 Å². The molecule has 1 atom stereocenters. The molecule has 2 fully saturated rings. The summed E-state index contributed by atoms with van der Waals surface area (Å²) in [6, 6.07) is 16.3. The molecule has 0 spiro atoms. The van der Waals surface area contributed by atoms with Crippen LogP contribution in [-0.4, -0.2) is 41.8 Å². The molecule has 0 aromatic heterocycles. The van der Waals surface area contributed by atoms with Crippen molar-refractivity contribution in [3.8, 4) is 11.1 Å². The molecule has 3 N–H and O–H groups in total. The third kappa shape index (κ3) is 4.27. The SMILES string of the molecule is CC(CC(=O)O)(NC(=O)C1(CNC(=O)OCC2c3ccccc3-c3ccccc32)CC1)C1CC1. The number of aliphatic carboxylic acids is 1. The van der Waals surface area contributed by atoms with Gasteiger partial charge in [0.1, 0.15) is 6.61 Å². The van der Waals surface area contributed by atoms with Crippen molar-refractivity contribution in [1.29, 1.82) is 0 Å². The van der Waals surface area contributed by atoms with Crippen molar-refractivity contribution in [1.82, 2.24) is 10.6 Å². The average Bonchev–Trinajstić information content (AvgIpc) is 3.73. The average molecular weight is 463 g/mol. The molecule has 5 rings (SSSR count). The Morgan fingerprint density at radius 2 is 1.62 bits per heavy atom. The Morgan fingerprint density at radius 3 is 2.15 bits per heavy atom. The van der Waals surface area contributed by atoms with Crippen LogP contribution in [0.2, 0.25) is 0 Å². The van der Waals surface area contributed by atoms with Crippen molar-refractivity contribution in [3.05, 3.63) is 59.7 Å². The number of hydrogen-bond donors (Lipinski definition) is 3. The van der Waals surface area contributed by atoms with Gasteiger partial charge in [-0.15, -0.1) is 0 Å². The maximum atomic E-state index is 13.0. The van der Waals surface area contributed by atoms with Crippen molar-refractivity contribution < 1.29 is 24.2 Å². The Balaban J connectivity index is 1.17. The Labute approximate surface area is 198 Å². The van der Waals surface area contributed by atoms with E-state index in [4.69, 9.17) is 4.74 Å². The Hall–Kier alpha value is -3.35. The van der Waals surface area contributed by atoms with Gasteiger partial charge in [0.15, 0.2) is 0 Å². The Kier molecular flexibility index (Phi) is 5.58. The first kappa shape index (κ1) is 22.4. The second-order valence-electron chi connectivity index (χ2n) is 10.2. The second kappa shape index (κ2) is 8.46. The molecule has 34 heavy (non-hydrogen) atoms. The van der Waals surface area contributed by atoms with E-state index in [-0.39, 0.29) is 37.3 Å². The fourth-order valence-electron chi connectivity index (χ4n) is 5.24. The van der Waals surface area contributed by atoms with Gasteiger partial charge in [0.05, 0.1) is 17.4 Å². The fraction of sp³-hybridized carbons (Fsp3) is 0.444. The molecule has 2 amide bonds. The van der Waals surface area contributed by atoms with E-state index in [1.165, 1.54) is 11.1 Å². The van der Waals surface area contributed by atoms with Crippen LogP contribution in [0.1, 0.15) is 56.1 Å². The number of amides is 2. The predicted octanol–water partition coefficient (Wildman–Crippen LogP) is 4.06. The second-order valence-corrected chi connectivity index (χ2v) is 10.2. The highest BCUT2D eigenvalue weighted by atomic mass is 16.5. The monoisotopic (exact) mass is 462 g/mol. The van der Waals surface area contributed by atoms with Gasteiger partial charge in [-0.2, -0.15) is 0 Å². The summed E-state index contributed by atoms with van der Waals surface area (Å²) in [6.07, 6.45) is 2.53. The molecule has 2 saturated carbocycles. The molecule has 2 aromatic rings. The summed E-state index contributed by atoms with van der Waals surface area (Å²) in [5.41, 5.74) is 3.20. The Morgan fingerprint density at radius 1 is 1.03 bits per heavy atom. The highest BCUT2D eigenvalue weighted by Gasteiger charge is 2.53. The smallest absolute Gasteiger partial charge is 0.407 e. The van der Waals surface area contributed by atoms with E-state index in [1.807, 2.05) is 31.2 Å². The van der Waals surface area contributed by atoms with Crippen LogP contribution >= 0.6 is 0 Å². The van der Waals surface area contributed by atoms with E-state index in [9.17, 15) is 19.5 Å². The minimum atomic E-state index is -0.920. The number of carboxylic acids is 1. The molecule has 7 nitrogen and oxygen atoms in total. The summed E-state index contributed by atoms with van der Waals surface area (Å²) < 4.78 is 5.58. The Bertz CT molecular complexity index is 1090. The third-order valence-electron chi connectivity index (χ3n) is 7.65. The minimum Gasteiger partial charge on any atom is -0.481 e. The molecular weight excluding hydrogens is 432 g/mol. The lowest BCUT2D eigenvalue weighted by molar-refractivity contribution is -0.139. The summed E-state index contributed by atoms with van der Waals surface area (Å²) in [4.78, 5) is 36.9. The molecule has 0 bridgehead atoms. The molecule has 178 valence electrons. The zero-order valence-electron chi connectivity index (χ0n) is 19.3. The van der Waals surface area contributed by atoms with Gasteiger partial charge in [0, 0.05) is 12.5 Å². The molecular formula is C27H30N2O5. The van der Waals surface area contributed by atoms with Crippen molar-refractivity contribution in [2.24, 2.45) is 11.3 Å². The van der Waals surface area contributed by atoms with Gasteiger partial charge in [-0.3, -0.25) is 9.59 Å². The van der Waals surface area contributed by atoms with Crippen LogP contribution in [0.5, 0.6) is 0 Å². The number of fused-ring (bicyclic) bond motifs is 3.